The summed E-state index contributed by atoms with van der Waals surface area (Å²) < 4.78 is 15.8. The minimum absolute atomic E-state index is 0.0495. The number of para-hydroxylation sites is 1. The first kappa shape index (κ1) is 28.4. The zero-order valence-electron chi connectivity index (χ0n) is 24.2. The van der Waals surface area contributed by atoms with E-state index in [0.29, 0.717) is 31.1 Å². The molecule has 45 heavy (non-hydrogen) atoms. The lowest BCUT2D eigenvalue weighted by Gasteiger charge is -2.19. The molecule has 0 fully saturated rings. The van der Waals surface area contributed by atoms with Gasteiger partial charge in [0.1, 0.15) is 22.6 Å². The Kier molecular flexibility index (Phi) is 7.52. The summed E-state index contributed by atoms with van der Waals surface area (Å²) in [7, 11) is 0. The Bertz CT molecular complexity index is 2140. The van der Waals surface area contributed by atoms with Crippen LogP contribution in [0.2, 0.25) is 0 Å². The lowest BCUT2D eigenvalue weighted by atomic mass is 10.1. The Balaban J connectivity index is 1.32. The minimum Gasteiger partial charge on any atom is -0.486 e. The van der Waals surface area contributed by atoms with Crippen molar-refractivity contribution < 1.29 is 33.8 Å². The van der Waals surface area contributed by atoms with E-state index >= 15 is 0 Å². The summed E-state index contributed by atoms with van der Waals surface area (Å²) in [4.78, 5) is 25.2. The van der Waals surface area contributed by atoms with Gasteiger partial charge < -0.3 is 24.6 Å². The molecule has 7 rings (SSSR count). The third kappa shape index (κ3) is 5.42. The van der Waals surface area contributed by atoms with Gasteiger partial charge in [-0.15, -0.1) is 0 Å². The summed E-state index contributed by atoms with van der Waals surface area (Å²) in [6.45, 7) is 1.17. The number of anilines is 1. The van der Waals surface area contributed by atoms with E-state index < -0.39 is 11.9 Å². The van der Waals surface area contributed by atoms with Crippen molar-refractivity contribution in [3.63, 3.8) is 0 Å². The lowest BCUT2D eigenvalue weighted by molar-refractivity contribution is -0.668. The summed E-state index contributed by atoms with van der Waals surface area (Å²) in [6, 6.07) is 31.2. The van der Waals surface area contributed by atoms with Gasteiger partial charge in [0.25, 0.3) is 5.01 Å². The van der Waals surface area contributed by atoms with Crippen molar-refractivity contribution in [2.24, 2.45) is 0 Å². The molecule has 0 saturated heterocycles. The van der Waals surface area contributed by atoms with Crippen molar-refractivity contribution in [2.75, 3.05) is 18.1 Å². The molecule has 2 heterocycles. The Morgan fingerprint density at radius 2 is 1.58 bits per heavy atom. The van der Waals surface area contributed by atoms with Crippen LogP contribution in [-0.2, 0) is 11.3 Å². The van der Waals surface area contributed by atoms with Gasteiger partial charge in [0.05, 0.1) is 17.1 Å². The number of nitrogens with zero attached hydrogens (tertiary/aromatic N) is 2. The molecule has 9 heteroatoms. The Hall–Kier alpha value is -5.41. The summed E-state index contributed by atoms with van der Waals surface area (Å²) in [5, 5.41) is 24.2. The van der Waals surface area contributed by atoms with Gasteiger partial charge in [-0.2, -0.15) is 4.57 Å². The van der Waals surface area contributed by atoms with Gasteiger partial charge in [-0.05, 0) is 47.5 Å². The van der Waals surface area contributed by atoms with Gasteiger partial charge in [-0.1, -0.05) is 78.1 Å². The van der Waals surface area contributed by atoms with Gasteiger partial charge >= 0.3 is 11.9 Å². The molecule has 0 atom stereocenters. The predicted octanol–water partition coefficient (Wildman–Crippen LogP) is 7.33. The van der Waals surface area contributed by atoms with E-state index in [1.54, 1.807) is 29.5 Å². The van der Waals surface area contributed by atoms with Crippen LogP contribution >= 0.6 is 11.3 Å². The molecule has 2 N–H and O–H groups in total. The number of ether oxygens (including phenoxy) is 2. The molecule has 5 aromatic carbocycles. The highest BCUT2D eigenvalue weighted by Gasteiger charge is 2.31. The zero-order chi connectivity index (χ0) is 30.9. The third-order valence-corrected chi connectivity index (χ3v) is 9.03. The van der Waals surface area contributed by atoms with Crippen LogP contribution in [0.25, 0.3) is 37.8 Å². The van der Waals surface area contributed by atoms with Gasteiger partial charge in [-0.3, -0.25) is 4.79 Å². The van der Waals surface area contributed by atoms with E-state index in [1.165, 1.54) is 6.07 Å². The first-order valence-corrected chi connectivity index (χ1v) is 15.5. The number of carboxylic acids is 2. The van der Waals surface area contributed by atoms with E-state index in [4.69, 9.17) is 9.47 Å². The van der Waals surface area contributed by atoms with Crippen LogP contribution in [0.15, 0.2) is 103 Å². The van der Waals surface area contributed by atoms with E-state index in [9.17, 15) is 19.8 Å². The molecule has 0 saturated carbocycles. The molecular weight excluding hydrogens is 588 g/mol. The number of hydrogen-bond donors (Lipinski definition) is 2. The van der Waals surface area contributed by atoms with Crippen LogP contribution in [0.4, 0.5) is 5.69 Å². The van der Waals surface area contributed by atoms with Crippen molar-refractivity contribution in [3.05, 3.63) is 114 Å². The maximum atomic E-state index is 11.8. The topological polar surface area (TPSA) is 100 Å². The maximum Gasteiger partial charge on any atom is 0.339 e. The lowest BCUT2D eigenvalue weighted by Crippen LogP contribution is -2.38. The fourth-order valence-corrected chi connectivity index (χ4v) is 7.05. The highest BCUT2D eigenvalue weighted by Crippen LogP contribution is 2.45. The van der Waals surface area contributed by atoms with Gasteiger partial charge in [-0.25, -0.2) is 4.79 Å². The van der Waals surface area contributed by atoms with Crippen LogP contribution in [0.1, 0.15) is 28.2 Å². The molecule has 0 radical (unpaired) electrons. The molecule has 1 aliphatic rings. The third-order valence-electron chi connectivity index (χ3n) is 7.94. The maximum absolute atomic E-state index is 11.8. The number of thiazole rings is 1. The first-order valence-electron chi connectivity index (χ1n) is 14.7. The average molecular weight is 618 g/mol. The predicted molar refractivity (Wildman–Crippen MR) is 175 cm³/mol. The second-order valence-electron chi connectivity index (χ2n) is 10.7. The van der Waals surface area contributed by atoms with Gasteiger partial charge in [0.2, 0.25) is 11.4 Å². The van der Waals surface area contributed by atoms with Gasteiger partial charge in [0.15, 0.2) is 12.3 Å². The van der Waals surface area contributed by atoms with Crippen LogP contribution in [0.5, 0.6) is 11.5 Å². The first-order chi connectivity index (χ1) is 22.0. The summed E-state index contributed by atoms with van der Waals surface area (Å²) in [5.74, 6) is -0.210. The van der Waals surface area contributed by atoms with Crippen molar-refractivity contribution in [2.45, 2.75) is 19.4 Å². The van der Waals surface area contributed by atoms with Crippen molar-refractivity contribution >= 4 is 66.8 Å². The van der Waals surface area contributed by atoms with Crippen molar-refractivity contribution in [1.82, 2.24) is 0 Å². The Morgan fingerprint density at radius 1 is 0.867 bits per heavy atom. The Morgan fingerprint density at radius 3 is 2.38 bits per heavy atom. The zero-order valence-corrected chi connectivity index (χ0v) is 25.0. The summed E-state index contributed by atoms with van der Waals surface area (Å²) in [5.41, 5.74) is 2.10. The molecule has 0 spiro atoms. The molecule has 0 bridgehead atoms. The molecule has 0 amide bonds. The molecular formula is C36H29N2O6S+. The molecule has 0 aliphatic carbocycles. The summed E-state index contributed by atoms with van der Waals surface area (Å²) in [6.07, 6.45) is 2.51. The number of rotatable bonds is 10. The minimum atomic E-state index is -1.04. The normalized spacial score (nSPS) is 13.4. The highest BCUT2D eigenvalue weighted by atomic mass is 32.1. The molecule has 8 nitrogen and oxygen atoms in total. The summed E-state index contributed by atoms with van der Waals surface area (Å²) >= 11 is 1.63. The number of aromatic carboxylic acids is 1. The monoisotopic (exact) mass is 617 g/mol. The molecule has 6 aromatic rings. The standard InChI is InChI=1S/C36H28N2O6S/c39-33(40)14-7-19-37-31(44-29-17-15-23-8-1-3-10-25(23)34(29)37)22-32-38(20-21-43-28-13-6-5-12-27(28)36(41)42)35-26-11-4-2-9-24(26)16-18-30(35)45-32/h1-6,8-13,15-18,22H,7,14,19-21H2,(H-,39,40,41,42)/p+1. The largest absolute Gasteiger partial charge is 0.486 e. The second kappa shape index (κ2) is 11.9. The number of aromatic nitrogens is 1. The fraction of sp³-hybridized carbons (Fsp3) is 0.139. The molecule has 1 aliphatic heterocycles. The average Bonchev–Trinajstić information content (AvgIpc) is 3.58. The van der Waals surface area contributed by atoms with Crippen LogP contribution in [-0.4, -0.2) is 35.3 Å². The quantitative estimate of drug-likeness (QED) is 0.155. The van der Waals surface area contributed by atoms with Crippen LogP contribution < -0.4 is 18.9 Å². The molecule has 0 unspecified atom stereocenters. The van der Waals surface area contributed by atoms with E-state index in [0.717, 1.165) is 48.2 Å². The van der Waals surface area contributed by atoms with E-state index in [-0.39, 0.29) is 18.6 Å². The molecule has 224 valence electrons. The highest BCUT2D eigenvalue weighted by molar-refractivity contribution is 7.19. The van der Waals surface area contributed by atoms with Crippen LogP contribution in [0.3, 0.4) is 0 Å². The van der Waals surface area contributed by atoms with Crippen molar-refractivity contribution in [3.8, 4) is 11.5 Å². The number of benzene rings is 5. The SMILES string of the molecule is O=C(O)CCCN1C(=Cc2sc3ccc4ccccc4c3[n+]2CCOc2ccccc2C(=O)O)Oc2ccc3ccccc3c21. The van der Waals surface area contributed by atoms with Crippen molar-refractivity contribution in [1.29, 1.82) is 0 Å². The molecule has 1 aromatic heterocycles. The number of carboxylic acid groups (broad SMARTS) is 2. The van der Waals surface area contributed by atoms with Crippen LogP contribution in [0, 0.1) is 0 Å². The number of hydrogen-bond acceptors (Lipinski definition) is 6. The second-order valence-corrected chi connectivity index (χ2v) is 11.8. The number of carbonyl (C=O) groups is 2. The smallest absolute Gasteiger partial charge is 0.339 e. The fourth-order valence-electron chi connectivity index (χ4n) is 5.92. The van der Waals surface area contributed by atoms with Gasteiger partial charge in [0, 0.05) is 18.4 Å². The number of aliphatic carboxylic acids is 1. The number of fused-ring (bicyclic) bond motifs is 6. The Labute approximate surface area is 262 Å². The van der Waals surface area contributed by atoms with E-state index in [2.05, 4.69) is 45.9 Å². The van der Waals surface area contributed by atoms with E-state index in [1.807, 2.05) is 42.5 Å².